The summed E-state index contributed by atoms with van der Waals surface area (Å²) in [7, 11) is 0. The van der Waals surface area contributed by atoms with Crippen LogP contribution in [0.4, 0.5) is 11.4 Å². The van der Waals surface area contributed by atoms with Gasteiger partial charge in [-0.2, -0.15) is 0 Å². The lowest BCUT2D eigenvalue weighted by atomic mass is 10.1. The summed E-state index contributed by atoms with van der Waals surface area (Å²) in [6.45, 7) is 1.07. The monoisotopic (exact) mass is 317 g/mol. The zero-order chi connectivity index (χ0) is 13.2. The second-order valence-electron chi connectivity index (χ2n) is 4.42. The lowest BCUT2D eigenvalue weighted by molar-refractivity contribution is -0.115. The zero-order valence-corrected chi connectivity index (χ0v) is 11.7. The number of amides is 1. The van der Waals surface area contributed by atoms with Gasteiger partial charge < -0.3 is 10.2 Å². The minimum Gasteiger partial charge on any atom is -0.356 e. The summed E-state index contributed by atoms with van der Waals surface area (Å²) in [5.41, 5.74) is 3.03. The van der Waals surface area contributed by atoms with E-state index in [2.05, 4.69) is 31.1 Å². The molecule has 96 valence electrons. The Morgan fingerprint density at radius 3 is 2.84 bits per heavy atom. The second kappa shape index (κ2) is 5.01. The van der Waals surface area contributed by atoms with E-state index in [0.29, 0.717) is 13.1 Å². The van der Waals surface area contributed by atoms with Crippen LogP contribution < -0.4 is 10.2 Å². The number of hydrogen-bond donors (Lipinski definition) is 1. The SMILES string of the molecule is O=C1CN(Cc2ccncc2)c2ccc(Br)cc2N1. The predicted molar refractivity (Wildman–Crippen MR) is 78.1 cm³/mol. The Hall–Kier alpha value is -1.88. The van der Waals surface area contributed by atoms with Gasteiger partial charge in [0.15, 0.2) is 0 Å². The van der Waals surface area contributed by atoms with Gasteiger partial charge in [0.2, 0.25) is 5.91 Å². The van der Waals surface area contributed by atoms with Crippen molar-refractivity contribution >= 4 is 33.2 Å². The van der Waals surface area contributed by atoms with Crippen LogP contribution in [0.5, 0.6) is 0 Å². The van der Waals surface area contributed by atoms with E-state index < -0.39 is 0 Å². The maximum Gasteiger partial charge on any atom is 0.243 e. The zero-order valence-electron chi connectivity index (χ0n) is 10.1. The molecule has 0 atom stereocenters. The lowest BCUT2D eigenvalue weighted by Gasteiger charge is -2.31. The standard InChI is InChI=1S/C14H12BrN3O/c15-11-1-2-13-12(7-11)17-14(19)9-18(13)8-10-3-5-16-6-4-10/h1-7H,8-9H2,(H,17,19). The van der Waals surface area contributed by atoms with Crippen molar-refractivity contribution in [2.75, 3.05) is 16.8 Å². The normalized spacial score (nSPS) is 13.9. The third-order valence-corrected chi connectivity index (χ3v) is 3.52. The van der Waals surface area contributed by atoms with Gasteiger partial charge in [-0.1, -0.05) is 15.9 Å². The first-order valence-electron chi connectivity index (χ1n) is 5.95. The van der Waals surface area contributed by atoms with E-state index in [4.69, 9.17) is 0 Å². The Kier molecular flexibility index (Phi) is 3.21. The van der Waals surface area contributed by atoms with E-state index in [-0.39, 0.29) is 5.91 Å². The first-order valence-corrected chi connectivity index (χ1v) is 6.75. The van der Waals surface area contributed by atoms with Crippen molar-refractivity contribution in [2.45, 2.75) is 6.54 Å². The van der Waals surface area contributed by atoms with Gasteiger partial charge in [-0.25, -0.2) is 0 Å². The van der Waals surface area contributed by atoms with Crippen molar-refractivity contribution in [3.05, 3.63) is 52.8 Å². The highest BCUT2D eigenvalue weighted by Gasteiger charge is 2.21. The number of pyridine rings is 1. The fourth-order valence-corrected chi connectivity index (χ4v) is 2.54. The van der Waals surface area contributed by atoms with Gasteiger partial charge in [0.05, 0.1) is 17.9 Å². The Balaban J connectivity index is 1.93. The van der Waals surface area contributed by atoms with E-state index in [1.807, 2.05) is 30.3 Å². The van der Waals surface area contributed by atoms with Gasteiger partial charge in [-0.05, 0) is 35.9 Å². The molecule has 2 aromatic rings. The molecular formula is C14H12BrN3O. The highest BCUT2D eigenvalue weighted by atomic mass is 79.9. The van der Waals surface area contributed by atoms with Gasteiger partial charge in [0.1, 0.15) is 0 Å². The van der Waals surface area contributed by atoms with Gasteiger partial charge in [0.25, 0.3) is 0 Å². The molecule has 1 N–H and O–H groups in total. The highest BCUT2D eigenvalue weighted by molar-refractivity contribution is 9.10. The molecule has 0 spiro atoms. The minimum absolute atomic E-state index is 0.0136. The molecule has 1 aromatic heterocycles. The van der Waals surface area contributed by atoms with Gasteiger partial charge >= 0.3 is 0 Å². The fraction of sp³-hybridized carbons (Fsp3) is 0.143. The smallest absolute Gasteiger partial charge is 0.243 e. The molecule has 1 aliphatic heterocycles. The van der Waals surface area contributed by atoms with Gasteiger partial charge in [0, 0.05) is 23.4 Å². The molecule has 4 nitrogen and oxygen atoms in total. The topological polar surface area (TPSA) is 45.2 Å². The van der Waals surface area contributed by atoms with Crippen LogP contribution in [0.1, 0.15) is 5.56 Å². The van der Waals surface area contributed by atoms with Crippen LogP contribution in [-0.4, -0.2) is 17.4 Å². The Labute approximate surface area is 119 Å². The first-order chi connectivity index (χ1) is 9.22. The van der Waals surface area contributed by atoms with Crippen LogP contribution in [-0.2, 0) is 11.3 Å². The Bertz CT molecular complexity index is 615. The molecule has 0 aliphatic carbocycles. The summed E-state index contributed by atoms with van der Waals surface area (Å²) in [6, 6.07) is 9.85. The minimum atomic E-state index is 0.0136. The third kappa shape index (κ3) is 2.61. The van der Waals surface area contributed by atoms with Crippen LogP contribution in [0, 0.1) is 0 Å². The number of aromatic nitrogens is 1. The number of nitrogens with one attached hydrogen (secondary N) is 1. The van der Waals surface area contributed by atoms with E-state index in [9.17, 15) is 4.79 Å². The largest absolute Gasteiger partial charge is 0.356 e. The molecule has 0 saturated heterocycles. The number of rotatable bonds is 2. The molecule has 1 aliphatic rings. The molecule has 0 radical (unpaired) electrons. The summed E-state index contributed by atoms with van der Waals surface area (Å²) in [6.07, 6.45) is 3.53. The van der Waals surface area contributed by atoms with Crippen LogP contribution in [0.2, 0.25) is 0 Å². The molecule has 1 aromatic carbocycles. The molecule has 0 saturated carbocycles. The highest BCUT2D eigenvalue weighted by Crippen LogP contribution is 2.32. The van der Waals surface area contributed by atoms with Crippen molar-refractivity contribution in [1.82, 2.24) is 4.98 Å². The molecule has 19 heavy (non-hydrogen) atoms. The Morgan fingerprint density at radius 1 is 1.26 bits per heavy atom. The molecular weight excluding hydrogens is 306 g/mol. The van der Waals surface area contributed by atoms with Crippen LogP contribution in [0.25, 0.3) is 0 Å². The molecule has 2 heterocycles. The summed E-state index contributed by atoms with van der Waals surface area (Å²) in [4.78, 5) is 17.8. The summed E-state index contributed by atoms with van der Waals surface area (Å²) >= 11 is 3.42. The van der Waals surface area contributed by atoms with E-state index in [1.54, 1.807) is 12.4 Å². The summed E-state index contributed by atoms with van der Waals surface area (Å²) < 4.78 is 0.956. The number of carbonyl (C=O) groups excluding carboxylic acids is 1. The first kappa shape index (κ1) is 12.2. The maximum absolute atomic E-state index is 11.8. The molecule has 0 fully saturated rings. The molecule has 0 unspecified atom stereocenters. The molecule has 3 rings (SSSR count). The number of carbonyl (C=O) groups is 1. The summed E-state index contributed by atoms with van der Waals surface area (Å²) in [5.74, 6) is 0.0136. The molecule has 1 amide bonds. The molecule has 0 bridgehead atoms. The van der Waals surface area contributed by atoms with Crippen molar-refractivity contribution in [2.24, 2.45) is 0 Å². The van der Waals surface area contributed by atoms with Crippen LogP contribution >= 0.6 is 15.9 Å². The average Bonchev–Trinajstić information content (AvgIpc) is 2.39. The number of hydrogen-bond acceptors (Lipinski definition) is 3. The van der Waals surface area contributed by atoms with Gasteiger partial charge in [-0.3, -0.25) is 9.78 Å². The third-order valence-electron chi connectivity index (χ3n) is 3.03. The maximum atomic E-state index is 11.8. The van der Waals surface area contributed by atoms with E-state index in [1.165, 1.54) is 0 Å². The van der Waals surface area contributed by atoms with Gasteiger partial charge in [-0.15, -0.1) is 0 Å². The lowest BCUT2D eigenvalue weighted by Crippen LogP contribution is -2.37. The van der Waals surface area contributed by atoms with Crippen molar-refractivity contribution in [1.29, 1.82) is 0 Å². The van der Waals surface area contributed by atoms with Crippen molar-refractivity contribution in [3.63, 3.8) is 0 Å². The van der Waals surface area contributed by atoms with Crippen molar-refractivity contribution in [3.8, 4) is 0 Å². The average molecular weight is 318 g/mol. The fourth-order valence-electron chi connectivity index (χ4n) is 2.18. The number of anilines is 2. The molecule has 5 heteroatoms. The van der Waals surface area contributed by atoms with Crippen LogP contribution in [0.15, 0.2) is 47.2 Å². The van der Waals surface area contributed by atoms with E-state index >= 15 is 0 Å². The number of fused-ring (bicyclic) bond motifs is 1. The van der Waals surface area contributed by atoms with Crippen LogP contribution in [0.3, 0.4) is 0 Å². The number of halogens is 1. The quantitative estimate of drug-likeness (QED) is 0.926. The number of nitrogens with zero attached hydrogens (tertiary/aromatic N) is 2. The Morgan fingerprint density at radius 2 is 2.05 bits per heavy atom. The number of benzene rings is 1. The summed E-state index contributed by atoms with van der Waals surface area (Å²) in [5, 5.41) is 2.89. The van der Waals surface area contributed by atoms with Crippen molar-refractivity contribution < 1.29 is 4.79 Å². The predicted octanol–water partition coefficient (Wildman–Crippen LogP) is 2.80. The van der Waals surface area contributed by atoms with E-state index in [0.717, 1.165) is 21.4 Å². The second-order valence-corrected chi connectivity index (χ2v) is 5.34.